The molecular weight excluding hydrogens is 516 g/mol. The number of cyclic esters (lactones) is 1. The number of rotatable bonds is 4. The van der Waals surface area contributed by atoms with Crippen molar-refractivity contribution in [1.82, 2.24) is 9.80 Å². The Morgan fingerprint density at radius 1 is 1.15 bits per heavy atom. The fraction of sp³-hybridized carbons (Fsp3) is 0.900. The molecule has 10 nitrogen and oxygen atoms in total. The molecule has 12 atom stereocenters. The van der Waals surface area contributed by atoms with Crippen LogP contribution >= 0.6 is 0 Å². The van der Waals surface area contributed by atoms with Crippen LogP contribution in [-0.2, 0) is 19.0 Å². The number of carbonyl (C=O) groups excluding carboxylic acids is 1. The van der Waals surface area contributed by atoms with Crippen molar-refractivity contribution >= 4 is 5.97 Å². The van der Waals surface area contributed by atoms with Gasteiger partial charge in [0, 0.05) is 30.1 Å². The molecule has 0 radical (unpaired) electrons. The fourth-order valence-corrected chi connectivity index (χ4v) is 6.49. The van der Waals surface area contributed by atoms with Gasteiger partial charge in [-0.15, -0.1) is 0 Å². The molecule has 0 aliphatic carbocycles. The highest BCUT2D eigenvalue weighted by molar-refractivity contribution is 5.88. The molecule has 2 aliphatic heterocycles. The van der Waals surface area contributed by atoms with Crippen molar-refractivity contribution in [2.75, 3.05) is 27.7 Å². The van der Waals surface area contributed by atoms with E-state index in [1.807, 2.05) is 58.6 Å². The van der Waals surface area contributed by atoms with Crippen LogP contribution in [0.15, 0.2) is 11.6 Å². The molecule has 0 aromatic carbocycles. The highest BCUT2D eigenvalue weighted by Crippen LogP contribution is 2.35. The third kappa shape index (κ3) is 8.25. The summed E-state index contributed by atoms with van der Waals surface area (Å²) in [7, 11) is 5.67. The number of hydrogen-bond acceptors (Lipinski definition) is 10. The summed E-state index contributed by atoms with van der Waals surface area (Å²) >= 11 is 0. The van der Waals surface area contributed by atoms with Crippen LogP contribution in [0.1, 0.15) is 74.7 Å². The minimum absolute atomic E-state index is 0.0291. The van der Waals surface area contributed by atoms with Gasteiger partial charge in [0.15, 0.2) is 6.29 Å². The minimum Gasteiger partial charge on any atom is -0.456 e. The number of esters is 1. The summed E-state index contributed by atoms with van der Waals surface area (Å²) in [5.41, 5.74) is -2.76. The maximum absolute atomic E-state index is 13.2. The van der Waals surface area contributed by atoms with Crippen LogP contribution in [0.3, 0.4) is 0 Å². The van der Waals surface area contributed by atoms with E-state index in [1.54, 1.807) is 26.8 Å². The molecule has 0 aromatic rings. The largest absolute Gasteiger partial charge is 0.456 e. The Kier molecular flexibility index (Phi) is 12.2. The predicted molar refractivity (Wildman–Crippen MR) is 154 cm³/mol. The predicted octanol–water partition coefficient (Wildman–Crippen LogP) is 1.92. The second-order valence-corrected chi connectivity index (χ2v) is 13.2. The highest BCUT2D eigenvalue weighted by Gasteiger charge is 2.47. The first-order valence-electron chi connectivity index (χ1n) is 14.7. The van der Waals surface area contributed by atoms with Crippen molar-refractivity contribution in [3.8, 4) is 0 Å². The van der Waals surface area contributed by atoms with E-state index in [0.29, 0.717) is 31.4 Å². The van der Waals surface area contributed by atoms with E-state index in [1.165, 1.54) is 6.92 Å². The van der Waals surface area contributed by atoms with Crippen LogP contribution in [0, 0.1) is 11.8 Å². The molecule has 2 rings (SSSR count). The maximum atomic E-state index is 13.2. The van der Waals surface area contributed by atoms with Gasteiger partial charge in [-0.1, -0.05) is 26.8 Å². The normalized spacial score (nSPS) is 45.4. The average molecular weight is 573 g/mol. The molecule has 0 bridgehead atoms. The molecule has 2 heterocycles. The van der Waals surface area contributed by atoms with Crippen molar-refractivity contribution in [2.24, 2.45) is 11.8 Å². The van der Waals surface area contributed by atoms with E-state index in [0.717, 1.165) is 0 Å². The molecule has 0 amide bonds. The second kappa shape index (κ2) is 13.9. The van der Waals surface area contributed by atoms with Gasteiger partial charge < -0.3 is 44.4 Å². The quantitative estimate of drug-likeness (QED) is 0.371. The number of aliphatic hydroxyl groups is 4. The molecule has 0 saturated carbocycles. The number of likely N-dealkylation sites (N-methyl/N-ethyl adjacent to an activating group) is 2. The number of ether oxygens (including phenoxy) is 3. The van der Waals surface area contributed by atoms with Gasteiger partial charge in [0.05, 0.1) is 17.8 Å². The molecule has 1 saturated heterocycles. The summed E-state index contributed by atoms with van der Waals surface area (Å²) in [6.45, 7) is 14.8. The Bertz CT molecular complexity index is 863. The van der Waals surface area contributed by atoms with Gasteiger partial charge in [-0.05, 0) is 80.9 Å². The number of nitrogens with zero attached hydrogens (tertiary/aromatic N) is 2. The van der Waals surface area contributed by atoms with Crippen LogP contribution < -0.4 is 0 Å². The van der Waals surface area contributed by atoms with Gasteiger partial charge in [0.2, 0.25) is 0 Å². The van der Waals surface area contributed by atoms with E-state index in [-0.39, 0.29) is 18.1 Å². The lowest BCUT2D eigenvalue weighted by Crippen LogP contribution is -2.59. The summed E-state index contributed by atoms with van der Waals surface area (Å²) < 4.78 is 18.2. The highest BCUT2D eigenvalue weighted by atomic mass is 16.7. The average Bonchev–Trinajstić information content (AvgIpc) is 2.84. The number of hydrogen-bond donors (Lipinski definition) is 4. The maximum Gasteiger partial charge on any atom is 0.333 e. The van der Waals surface area contributed by atoms with Crippen LogP contribution in [0.4, 0.5) is 0 Å². The zero-order valence-electron chi connectivity index (χ0n) is 26.5. The van der Waals surface area contributed by atoms with Crippen molar-refractivity contribution in [2.45, 2.75) is 135 Å². The number of aliphatic hydroxyl groups excluding tert-OH is 2. The second-order valence-electron chi connectivity index (χ2n) is 13.2. The minimum atomic E-state index is -1.68. The summed E-state index contributed by atoms with van der Waals surface area (Å²) in [5.74, 6) is -1.11. The third-order valence-corrected chi connectivity index (χ3v) is 8.87. The van der Waals surface area contributed by atoms with Gasteiger partial charge in [-0.3, -0.25) is 0 Å². The first-order chi connectivity index (χ1) is 18.3. The zero-order chi connectivity index (χ0) is 30.7. The third-order valence-electron chi connectivity index (χ3n) is 8.87. The van der Waals surface area contributed by atoms with Crippen molar-refractivity contribution < 1.29 is 39.4 Å². The van der Waals surface area contributed by atoms with Gasteiger partial charge in [0.1, 0.15) is 23.9 Å². The van der Waals surface area contributed by atoms with Crippen molar-refractivity contribution in [3.63, 3.8) is 0 Å². The lowest BCUT2D eigenvalue weighted by atomic mass is 9.81. The van der Waals surface area contributed by atoms with Crippen LogP contribution in [0.5, 0.6) is 0 Å². The molecule has 0 spiro atoms. The molecule has 234 valence electrons. The molecule has 1 unspecified atom stereocenters. The Morgan fingerprint density at radius 3 is 2.30 bits per heavy atom. The smallest absolute Gasteiger partial charge is 0.333 e. The van der Waals surface area contributed by atoms with E-state index in [2.05, 4.69) is 0 Å². The Morgan fingerprint density at radius 2 is 1.75 bits per heavy atom. The van der Waals surface area contributed by atoms with Gasteiger partial charge in [0.25, 0.3) is 0 Å². The Labute approximate surface area is 241 Å². The molecule has 10 heteroatoms. The van der Waals surface area contributed by atoms with E-state index >= 15 is 0 Å². The zero-order valence-corrected chi connectivity index (χ0v) is 26.5. The number of carbonyl (C=O) groups is 1. The SMILES string of the molecule is CC[C@H]1OC(=O)C(C)=C[C@H](C)[C@@H](O[C@@H]2O[C@H](C)CC(N(C)C)[C@H]2O)[C@](C)(O)C[C@@H](C)CN(C)[C@H](C)[C@@H](O)[C@]1(C)O. The van der Waals surface area contributed by atoms with E-state index in [4.69, 9.17) is 14.2 Å². The summed E-state index contributed by atoms with van der Waals surface area (Å²) in [5, 5.41) is 45.5. The topological polar surface area (TPSA) is 132 Å². The van der Waals surface area contributed by atoms with E-state index < -0.39 is 59.8 Å². The first kappa shape index (κ1) is 35.1. The van der Waals surface area contributed by atoms with Gasteiger partial charge in [-0.2, -0.15) is 0 Å². The van der Waals surface area contributed by atoms with Crippen LogP contribution in [0.2, 0.25) is 0 Å². The van der Waals surface area contributed by atoms with Gasteiger partial charge in [-0.25, -0.2) is 4.79 Å². The molecule has 2 aliphatic rings. The standard InChI is InChI=1S/C30H56N2O8/c1-12-23-30(8,37)25(34)21(6)32(11)16-17(2)15-29(7,36)26(18(3)13-19(4)27(35)39-23)40-28-24(33)22(31(9)10)14-20(5)38-28/h13,17-18,20-26,28,33-34,36-37H,12,14-16H2,1-11H3/t17-,18+,20-,21-,22?,23-,24-,25-,26-,28+,29-,30-/m1/s1. The van der Waals surface area contributed by atoms with Crippen molar-refractivity contribution in [1.29, 1.82) is 0 Å². The fourth-order valence-electron chi connectivity index (χ4n) is 6.49. The molecule has 0 aromatic heterocycles. The van der Waals surface area contributed by atoms with E-state index in [9.17, 15) is 25.2 Å². The molecular formula is C30H56N2O8. The molecule has 4 N–H and O–H groups in total. The lowest BCUT2D eigenvalue weighted by molar-refractivity contribution is -0.292. The summed E-state index contributed by atoms with van der Waals surface area (Å²) in [6, 6.07) is -0.638. The van der Waals surface area contributed by atoms with Crippen molar-refractivity contribution in [3.05, 3.63) is 11.6 Å². The van der Waals surface area contributed by atoms with Crippen LogP contribution in [0.25, 0.3) is 0 Å². The Balaban J connectivity index is 2.52. The lowest BCUT2D eigenvalue weighted by Gasteiger charge is -2.45. The Hall–Kier alpha value is -1.11. The summed E-state index contributed by atoms with van der Waals surface area (Å²) in [4.78, 5) is 17.1. The first-order valence-corrected chi connectivity index (χ1v) is 14.7. The molecule has 40 heavy (non-hydrogen) atoms. The monoisotopic (exact) mass is 572 g/mol. The summed E-state index contributed by atoms with van der Waals surface area (Å²) in [6.07, 6.45) is -2.01. The van der Waals surface area contributed by atoms with Gasteiger partial charge >= 0.3 is 5.97 Å². The van der Waals surface area contributed by atoms with Crippen LogP contribution in [-0.4, -0.2) is 124 Å². The molecule has 1 fully saturated rings.